The van der Waals surface area contributed by atoms with Crippen LogP contribution in [0.1, 0.15) is 13.3 Å². The van der Waals surface area contributed by atoms with Gasteiger partial charge in [-0.3, -0.25) is 0 Å². The summed E-state index contributed by atoms with van der Waals surface area (Å²) < 4.78 is 4.25. The highest BCUT2D eigenvalue weighted by Gasteiger charge is 2.02. The summed E-state index contributed by atoms with van der Waals surface area (Å²) in [6, 6.07) is 1.98. The molecule has 0 amide bonds. The molecule has 0 fully saturated rings. The van der Waals surface area contributed by atoms with E-state index in [1.54, 1.807) is 0 Å². The SMILES string of the molecule is CCC(C#N)CO[C]=O. The van der Waals surface area contributed by atoms with E-state index in [1.165, 1.54) is 6.47 Å². The van der Waals surface area contributed by atoms with E-state index in [4.69, 9.17) is 5.26 Å². The third-order valence-corrected chi connectivity index (χ3v) is 1.02. The molecule has 0 spiro atoms. The summed E-state index contributed by atoms with van der Waals surface area (Å²) in [4.78, 5) is 9.48. The van der Waals surface area contributed by atoms with Crippen molar-refractivity contribution in [2.24, 2.45) is 5.92 Å². The number of carbonyl (C=O) groups excluding carboxylic acids is 1. The van der Waals surface area contributed by atoms with Gasteiger partial charge in [-0.15, -0.1) is 0 Å². The Hall–Kier alpha value is -1.04. The van der Waals surface area contributed by atoms with Crippen molar-refractivity contribution < 1.29 is 9.53 Å². The number of nitriles is 1. The molecule has 0 rings (SSSR count). The lowest BCUT2D eigenvalue weighted by Crippen LogP contribution is -2.04. The Kier molecular flexibility index (Phi) is 4.51. The van der Waals surface area contributed by atoms with Crippen molar-refractivity contribution in [1.82, 2.24) is 0 Å². The van der Waals surface area contributed by atoms with E-state index in [2.05, 4.69) is 4.74 Å². The van der Waals surface area contributed by atoms with Crippen LogP contribution in [-0.2, 0) is 9.53 Å². The van der Waals surface area contributed by atoms with Gasteiger partial charge in [0.05, 0.1) is 12.0 Å². The van der Waals surface area contributed by atoms with Crippen molar-refractivity contribution >= 4 is 6.47 Å². The highest BCUT2D eigenvalue weighted by Crippen LogP contribution is 1.98. The second-order valence-corrected chi connectivity index (χ2v) is 1.63. The summed E-state index contributed by atoms with van der Waals surface area (Å²) in [5.41, 5.74) is 0. The quantitative estimate of drug-likeness (QED) is 0.554. The maximum Gasteiger partial charge on any atom is 0.417 e. The minimum Gasteiger partial charge on any atom is -0.456 e. The summed E-state index contributed by atoms with van der Waals surface area (Å²) in [5, 5.41) is 8.29. The molecule has 3 heteroatoms. The second kappa shape index (κ2) is 5.10. The number of nitrogens with zero attached hydrogens (tertiary/aromatic N) is 1. The number of rotatable bonds is 4. The molecule has 1 atom stereocenters. The Morgan fingerprint density at radius 1 is 1.78 bits per heavy atom. The predicted molar refractivity (Wildman–Crippen MR) is 31.0 cm³/mol. The fraction of sp³-hybridized carbons (Fsp3) is 0.667. The molecule has 0 saturated heterocycles. The van der Waals surface area contributed by atoms with Gasteiger partial charge in [-0.25, -0.2) is 4.79 Å². The molecule has 49 valence electrons. The zero-order chi connectivity index (χ0) is 7.11. The van der Waals surface area contributed by atoms with Crippen LogP contribution in [0.15, 0.2) is 0 Å². The van der Waals surface area contributed by atoms with Crippen LogP contribution in [0.3, 0.4) is 0 Å². The van der Waals surface area contributed by atoms with Gasteiger partial charge in [0.25, 0.3) is 0 Å². The maximum absolute atomic E-state index is 9.48. The van der Waals surface area contributed by atoms with Crippen molar-refractivity contribution in [3.8, 4) is 6.07 Å². The van der Waals surface area contributed by atoms with Gasteiger partial charge in [0.2, 0.25) is 0 Å². The third kappa shape index (κ3) is 3.53. The lowest BCUT2D eigenvalue weighted by molar-refractivity contribution is 0.245. The average Bonchev–Trinajstić information content (AvgIpc) is 1.91. The molecule has 0 N–H and O–H groups in total. The molecule has 0 aliphatic heterocycles. The molecule has 0 aromatic heterocycles. The Morgan fingerprint density at radius 3 is 2.78 bits per heavy atom. The predicted octanol–water partition coefficient (Wildman–Crippen LogP) is 0.620. The number of hydrogen-bond donors (Lipinski definition) is 0. The first-order valence-corrected chi connectivity index (χ1v) is 2.73. The molecule has 0 bridgehead atoms. The fourth-order valence-corrected chi connectivity index (χ4v) is 0.381. The van der Waals surface area contributed by atoms with E-state index in [1.807, 2.05) is 13.0 Å². The smallest absolute Gasteiger partial charge is 0.417 e. The molecule has 1 unspecified atom stereocenters. The summed E-state index contributed by atoms with van der Waals surface area (Å²) in [7, 11) is 0. The molecule has 1 radical (unpaired) electrons. The molecular weight excluding hydrogens is 118 g/mol. The Balaban J connectivity index is 3.34. The van der Waals surface area contributed by atoms with E-state index < -0.39 is 0 Å². The normalized spacial score (nSPS) is 11.6. The van der Waals surface area contributed by atoms with Crippen molar-refractivity contribution in [3.05, 3.63) is 0 Å². The van der Waals surface area contributed by atoms with Crippen molar-refractivity contribution in [2.75, 3.05) is 6.61 Å². The van der Waals surface area contributed by atoms with E-state index in [0.29, 0.717) is 6.42 Å². The minimum atomic E-state index is -0.175. The van der Waals surface area contributed by atoms with Gasteiger partial charge in [0, 0.05) is 0 Å². The zero-order valence-corrected chi connectivity index (χ0v) is 5.26. The Labute approximate surface area is 54.2 Å². The van der Waals surface area contributed by atoms with Gasteiger partial charge in [0.15, 0.2) is 0 Å². The summed E-state index contributed by atoms with van der Waals surface area (Å²) in [6.45, 7) is 3.29. The van der Waals surface area contributed by atoms with Gasteiger partial charge in [-0.1, -0.05) is 6.92 Å². The van der Waals surface area contributed by atoms with Gasteiger partial charge in [0.1, 0.15) is 6.61 Å². The van der Waals surface area contributed by atoms with E-state index >= 15 is 0 Å². The van der Waals surface area contributed by atoms with Crippen molar-refractivity contribution in [2.45, 2.75) is 13.3 Å². The van der Waals surface area contributed by atoms with Crippen LogP contribution in [0.5, 0.6) is 0 Å². The molecule has 0 aliphatic rings. The number of hydrogen-bond acceptors (Lipinski definition) is 3. The number of ether oxygens (including phenoxy) is 1. The van der Waals surface area contributed by atoms with Crippen molar-refractivity contribution in [3.63, 3.8) is 0 Å². The third-order valence-electron chi connectivity index (χ3n) is 1.02. The average molecular weight is 126 g/mol. The van der Waals surface area contributed by atoms with Crippen LogP contribution in [0, 0.1) is 17.2 Å². The van der Waals surface area contributed by atoms with Crippen LogP contribution in [0.2, 0.25) is 0 Å². The zero-order valence-electron chi connectivity index (χ0n) is 5.26. The summed E-state index contributed by atoms with van der Waals surface area (Å²) >= 11 is 0. The second-order valence-electron chi connectivity index (χ2n) is 1.63. The van der Waals surface area contributed by atoms with Crippen LogP contribution >= 0.6 is 0 Å². The van der Waals surface area contributed by atoms with Gasteiger partial charge in [-0.2, -0.15) is 5.26 Å². The standard InChI is InChI=1S/C6H8NO2/c1-2-6(3-7)4-9-5-8/h6H,2,4H2,1H3. The Morgan fingerprint density at radius 2 is 2.44 bits per heavy atom. The van der Waals surface area contributed by atoms with Gasteiger partial charge >= 0.3 is 6.47 Å². The fourth-order valence-electron chi connectivity index (χ4n) is 0.381. The highest BCUT2D eigenvalue weighted by molar-refractivity contribution is 5.38. The summed E-state index contributed by atoms with van der Waals surface area (Å²) in [5.74, 6) is -0.175. The largest absolute Gasteiger partial charge is 0.456 e. The summed E-state index contributed by atoms with van der Waals surface area (Å²) in [6.07, 6.45) is 0.707. The van der Waals surface area contributed by atoms with E-state index in [0.717, 1.165) is 0 Å². The molecule has 3 nitrogen and oxygen atoms in total. The minimum absolute atomic E-state index is 0.163. The maximum atomic E-state index is 9.48. The van der Waals surface area contributed by atoms with E-state index in [9.17, 15) is 4.79 Å². The monoisotopic (exact) mass is 126 g/mol. The topological polar surface area (TPSA) is 50.1 Å². The first-order valence-electron chi connectivity index (χ1n) is 2.73. The van der Waals surface area contributed by atoms with Crippen LogP contribution < -0.4 is 0 Å². The molecule has 0 aromatic rings. The molecule has 0 aromatic carbocycles. The molecule has 9 heavy (non-hydrogen) atoms. The highest BCUT2D eigenvalue weighted by atomic mass is 16.5. The Bertz CT molecular complexity index is 117. The molecule has 0 aliphatic carbocycles. The van der Waals surface area contributed by atoms with Gasteiger partial charge in [-0.05, 0) is 6.42 Å². The molecular formula is C6H8NO2. The van der Waals surface area contributed by atoms with Crippen LogP contribution in [0.25, 0.3) is 0 Å². The molecule has 0 saturated carbocycles. The first-order chi connectivity index (χ1) is 4.35. The van der Waals surface area contributed by atoms with E-state index in [-0.39, 0.29) is 12.5 Å². The molecule has 0 heterocycles. The van der Waals surface area contributed by atoms with Crippen LogP contribution in [-0.4, -0.2) is 13.1 Å². The van der Waals surface area contributed by atoms with Crippen molar-refractivity contribution in [1.29, 1.82) is 5.26 Å². The lowest BCUT2D eigenvalue weighted by atomic mass is 10.1. The first kappa shape index (κ1) is 7.96. The van der Waals surface area contributed by atoms with Gasteiger partial charge < -0.3 is 4.74 Å². The van der Waals surface area contributed by atoms with Crippen LogP contribution in [0.4, 0.5) is 0 Å². The lowest BCUT2D eigenvalue weighted by Gasteiger charge is -2.00.